The molecule has 2 heterocycles. The van der Waals surface area contributed by atoms with Gasteiger partial charge in [0.15, 0.2) is 0 Å². The zero-order valence-electron chi connectivity index (χ0n) is 20.5. The molecule has 166 valence electrons. The minimum absolute atomic E-state index is 0.754. The molecule has 0 unspecified atom stereocenters. The fourth-order valence-corrected chi connectivity index (χ4v) is 2.77. The number of rotatable bonds is 4. The molecule has 2 aliphatic heterocycles. The van der Waals surface area contributed by atoms with E-state index in [0.29, 0.717) is 0 Å². The number of allylic oxidation sites excluding steroid dienone is 6. The van der Waals surface area contributed by atoms with Crippen molar-refractivity contribution in [2.75, 3.05) is 0 Å². The highest BCUT2D eigenvalue weighted by Gasteiger charge is 2.23. The van der Waals surface area contributed by atoms with Gasteiger partial charge in [-0.1, -0.05) is 93.9 Å². The van der Waals surface area contributed by atoms with Crippen molar-refractivity contribution in [1.29, 1.82) is 0 Å². The van der Waals surface area contributed by atoms with Crippen LogP contribution >= 0.6 is 0 Å². The molecule has 0 spiro atoms. The Morgan fingerprint density at radius 3 is 1.17 bits per heavy atom. The van der Waals surface area contributed by atoms with Crippen LogP contribution in [0.15, 0.2) is 85.4 Å². The van der Waals surface area contributed by atoms with Crippen molar-refractivity contribution in [2.24, 2.45) is 0 Å². The van der Waals surface area contributed by atoms with Crippen LogP contribution in [0.1, 0.15) is 66.5 Å². The molecule has 30 heavy (non-hydrogen) atoms. The van der Waals surface area contributed by atoms with E-state index in [0.717, 1.165) is 58.1 Å². The highest BCUT2D eigenvalue weighted by atomic mass is 16.5. The summed E-state index contributed by atoms with van der Waals surface area (Å²) in [7, 11) is 0. The van der Waals surface area contributed by atoms with E-state index in [1.165, 1.54) is 0 Å². The van der Waals surface area contributed by atoms with Gasteiger partial charge in [0.05, 0.1) is 0 Å². The molecule has 2 aliphatic rings. The summed E-state index contributed by atoms with van der Waals surface area (Å²) in [6.07, 6.45) is 8.64. The summed E-state index contributed by atoms with van der Waals surface area (Å²) in [6.45, 7) is 31.3. The number of fused-ring (bicyclic) bond motifs is 2. The van der Waals surface area contributed by atoms with E-state index < -0.39 is 0 Å². The highest BCUT2D eigenvalue weighted by molar-refractivity contribution is 5.56. The van der Waals surface area contributed by atoms with Gasteiger partial charge in [-0.05, 0) is 40.5 Å². The number of ether oxygens (including phenoxy) is 2. The van der Waals surface area contributed by atoms with Crippen LogP contribution in [0, 0.1) is 0 Å². The Bertz CT molecular complexity index is 637. The van der Waals surface area contributed by atoms with Gasteiger partial charge in [0.2, 0.25) is 0 Å². The highest BCUT2D eigenvalue weighted by Crippen LogP contribution is 2.40. The summed E-state index contributed by atoms with van der Waals surface area (Å²) in [4.78, 5) is 0. The van der Waals surface area contributed by atoms with E-state index in [9.17, 15) is 0 Å². The number of hydrogen-bond donors (Lipinski definition) is 0. The SMILES string of the molecule is C=CC1=C(C=C)Oc2cc3c(cc2C1)CC(C=C)=C(C=C)O3.CC.CC.CC.CC. The van der Waals surface area contributed by atoms with Crippen LogP contribution in [0.4, 0.5) is 0 Å². The molecule has 0 atom stereocenters. The minimum atomic E-state index is 0.754. The fourth-order valence-electron chi connectivity index (χ4n) is 2.77. The summed E-state index contributed by atoms with van der Waals surface area (Å²) in [6, 6.07) is 4.08. The second-order valence-corrected chi connectivity index (χ2v) is 5.22. The first-order chi connectivity index (χ1) is 14.7. The van der Waals surface area contributed by atoms with Crippen molar-refractivity contribution in [3.05, 3.63) is 96.5 Å². The first-order valence-corrected chi connectivity index (χ1v) is 11.2. The van der Waals surface area contributed by atoms with Crippen LogP contribution in [0.25, 0.3) is 0 Å². The van der Waals surface area contributed by atoms with Gasteiger partial charge in [-0.2, -0.15) is 0 Å². The zero-order chi connectivity index (χ0) is 23.7. The van der Waals surface area contributed by atoms with E-state index in [1.807, 2.05) is 73.6 Å². The summed E-state index contributed by atoms with van der Waals surface area (Å²) in [5.74, 6) is 3.13. The lowest BCUT2D eigenvalue weighted by Crippen LogP contribution is -2.12. The van der Waals surface area contributed by atoms with Gasteiger partial charge in [-0.3, -0.25) is 0 Å². The average Bonchev–Trinajstić information content (AvgIpc) is 2.85. The molecule has 0 saturated heterocycles. The van der Waals surface area contributed by atoms with Crippen LogP contribution in [0.3, 0.4) is 0 Å². The first kappa shape index (κ1) is 29.5. The van der Waals surface area contributed by atoms with E-state index in [1.54, 1.807) is 12.2 Å². The quantitative estimate of drug-likeness (QED) is 0.493. The molecule has 1 aromatic carbocycles. The Hall–Kier alpha value is -2.74. The lowest BCUT2D eigenvalue weighted by Gasteiger charge is -2.25. The van der Waals surface area contributed by atoms with Gasteiger partial charge in [0, 0.05) is 18.9 Å². The summed E-state index contributed by atoms with van der Waals surface area (Å²) >= 11 is 0. The Labute approximate surface area is 186 Å². The average molecular weight is 411 g/mol. The molecular formula is C28H42O2. The smallest absolute Gasteiger partial charge is 0.134 e. The second-order valence-electron chi connectivity index (χ2n) is 5.22. The van der Waals surface area contributed by atoms with E-state index in [2.05, 4.69) is 32.4 Å². The maximum atomic E-state index is 5.92. The Morgan fingerprint density at radius 1 is 0.567 bits per heavy atom. The zero-order valence-corrected chi connectivity index (χ0v) is 20.5. The molecule has 0 N–H and O–H groups in total. The van der Waals surface area contributed by atoms with Crippen LogP contribution in [-0.4, -0.2) is 0 Å². The Balaban J connectivity index is 0. The fraction of sp³-hybridized carbons (Fsp3) is 0.357. The third-order valence-electron chi connectivity index (χ3n) is 3.94. The molecule has 0 saturated carbocycles. The van der Waals surface area contributed by atoms with Gasteiger partial charge < -0.3 is 9.47 Å². The molecule has 0 bridgehead atoms. The summed E-state index contributed by atoms with van der Waals surface area (Å²) in [5.41, 5.74) is 4.36. The van der Waals surface area contributed by atoms with Gasteiger partial charge >= 0.3 is 0 Å². The monoisotopic (exact) mass is 410 g/mol. The van der Waals surface area contributed by atoms with Gasteiger partial charge in [0.25, 0.3) is 0 Å². The predicted molar refractivity (Wildman–Crippen MR) is 135 cm³/mol. The van der Waals surface area contributed by atoms with E-state index >= 15 is 0 Å². The van der Waals surface area contributed by atoms with E-state index in [-0.39, 0.29) is 0 Å². The maximum absolute atomic E-state index is 5.92. The lowest BCUT2D eigenvalue weighted by molar-refractivity contribution is 0.400. The Kier molecular flexibility index (Phi) is 16.8. The largest absolute Gasteiger partial charge is 0.457 e. The van der Waals surface area contributed by atoms with Crippen molar-refractivity contribution in [3.63, 3.8) is 0 Å². The first-order valence-electron chi connectivity index (χ1n) is 11.2. The standard InChI is InChI=1S/C20H18O2.4C2H6/c1-5-13-9-15-11-16-10-14(6-2)18(8-4)22-20(16)12-19(15)21-17(13)7-3;4*1-2/h5-8,11-12H,1-4,9-10H2;4*1-2H3. The number of hydrogen-bond acceptors (Lipinski definition) is 2. The molecule has 2 heteroatoms. The Morgan fingerprint density at radius 2 is 0.900 bits per heavy atom. The molecule has 0 amide bonds. The lowest BCUT2D eigenvalue weighted by atomic mass is 9.93. The van der Waals surface area contributed by atoms with E-state index in [4.69, 9.17) is 9.47 Å². The normalized spacial score (nSPS) is 12.5. The van der Waals surface area contributed by atoms with Gasteiger partial charge in [0.1, 0.15) is 23.0 Å². The van der Waals surface area contributed by atoms with Crippen LogP contribution in [-0.2, 0) is 12.8 Å². The van der Waals surface area contributed by atoms with Crippen LogP contribution in [0.5, 0.6) is 11.5 Å². The minimum Gasteiger partial charge on any atom is -0.457 e. The molecule has 3 rings (SSSR count). The molecule has 0 aromatic heterocycles. The van der Waals surface area contributed by atoms with Crippen molar-refractivity contribution in [2.45, 2.75) is 68.2 Å². The van der Waals surface area contributed by atoms with Gasteiger partial charge in [-0.25, -0.2) is 0 Å². The van der Waals surface area contributed by atoms with Crippen molar-refractivity contribution >= 4 is 0 Å². The van der Waals surface area contributed by atoms with Crippen LogP contribution in [0.2, 0.25) is 0 Å². The third kappa shape index (κ3) is 7.26. The predicted octanol–water partition coefficient (Wildman–Crippen LogP) is 8.91. The molecule has 0 fully saturated rings. The molecular weight excluding hydrogens is 368 g/mol. The topological polar surface area (TPSA) is 18.5 Å². The summed E-state index contributed by atoms with van der Waals surface area (Å²) in [5, 5.41) is 0. The molecule has 2 nitrogen and oxygen atoms in total. The second kappa shape index (κ2) is 17.1. The van der Waals surface area contributed by atoms with Crippen LogP contribution < -0.4 is 9.47 Å². The van der Waals surface area contributed by atoms with Gasteiger partial charge in [-0.15, -0.1) is 0 Å². The maximum Gasteiger partial charge on any atom is 0.134 e. The van der Waals surface area contributed by atoms with Crippen molar-refractivity contribution < 1.29 is 9.47 Å². The summed E-state index contributed by atoms with van der Waals surface area (Å²) < 4.78 is 11.8. The van der Waals surface area contributed by atoms with Crippen molar-refractivity contribution in [1.82, 2.24) is 0 Å². The number of benzene rings is 1. The molecule has 0 aliphatic carbocycles. The van der Waals surface area contributed by atoms with Crippen molar-refractivity contribution in [3.8, 4) is 11.5 Å². The third-order valence-corrected chi connectivity index (χ3v) is 3.94. The molecule has 1 aromatic rings. The molecule has 0 radical (unpaired) electrons.